The third-order valence-corrected chi connectivity index (χ3v) is 4.62. The first-order valence-corrected chi connectivity index (χ1v) is 9.28. The molecule has 28 heavy (non-hydrogen) atoms. The summed E-state index contributed by atoms with van der Waals surface area (Å²) in [7, 11) is 0. The highest BCUT2D eigenvalue weighted by Gasteiger charge is 2.22. The Hall–Kier alpha value is -2.67. The Morgan fingerprint density at radius 2 is 1.82 bits per heavy atom. The number of nitrogens with zero attached hydrogens (tertiary/aromatic N) is 1. The summed E-state index contributed by atoms with van der Waals surface area (Å²) >= 11 is 6.01. The van der Waals surface area contributed by atoms with E-state index in [1.54, 1.807) is 17.0 Å². The fraction of sp³-hybridized carbons (Fsp3) is 0.300. The van der Waals surface area contributed by atoms with Gasteiger partial charge in [0, 0.05) is 24.2 Å². The maximum Gasteiger partial charge on any atom is 0.262 e. The molecular formula is C20H19ClF2N2O3. The van der Waals surface area contributed by atoms with Crippen molar-refractivity contribution >= 4 is 29.1 Å². The van der Waals surface area contributed by atoms with Crippen LogP contribution in [0.2, 0.25) is 5.02 Å². The van der Waals surface area contributed by atoms with Crippen molar-refractivity contribution in [3.63, 3.8) is 0 Å². The van der Waals surface area contributed by atoms with E-state index >= 15 is 0 Å². The number of anilines is 1. The molecule has 148 valence electrons. The van der Waals surface area contributed by atoms with E-state index in [1.807, 2.05) is 0 Å². The van der Waals surface area contributed by atoms with Gasteiger partial charge in [0.05, 0.1) is 11.3 Å². The molecule has 8 heteroatoms. The summed E-state index contributed by atoms with van der Waals surface area (Å²) in [6, 6.07) is 7.42. The van der Waals surface area contributed by atoms with Gasteiger partial charge < -0.3 is 15.0 Å². The number of hydrogen-bond acceptors (Lipinski definition) is 3. The van der Waals surface area contributed by atoms with Crippen molar-refractivity contribution in [2.24, 2.45) is 0 Å². The second-order valence-electron chi connectivity index (χ2n) is 6.45. The van der Waals surface area contributed by atoms with E-state index in [0.29, 0.717) is 29.7 Å². The topological polar surface area (TPSA) is 58.6 Å². The van der Waals surface area contributed by atoms with Gasteiger partial charge in [0.25, 0.3) is 11.8 Å². The minimum atomic E-state index is -0.906. The molecule has 1 saturated heterocycles. The second kappa shape index (κ2) is 9.01. The van der Waals surface area contributed by atoms with Crippen LogP contribution in [0, 0.1) is 11.6 Å². The SMILES string of the molecule is O=C(COc1ccc(F)cc1F)Nc1cc(Cl)ccc1C(=O)N1CCCCC1. The fourth-order valence-electron chi connectivity index (χ4n) is 3.00. The number of halogens is 3. The molecule has 0 aromatic heterocycles. The number of carbonyl (C=O) groups excluding carboxylic acids is 2. The van der Waals surface area contributed by atoms with Crippen LogP contribution in [-0.4, -0.2) is 36.4 Å². The summed E-state index contributed by atoms with van der Waals surface area (Å²) in [5, 5.41) is 2.94. The van der Waals surface area contributed by atoms with E-state index in [-0.39, 0.29) is 17.3 Å². The van der Waals surface area contributed by atoms with Gasteiger partial charge in [-0.1, -0.05) is 11.6 Å². The zero-order chi connectivity index (χ0) is 20.1. The largest absolute Gasteiger partial charge is 0.481 e. The highest BCUT2D eigenvalue weighted by molar-refractivity contribution is 6.31. The van der Waals surface area contributed by atoms with Gasteiger partial charge in [-0.05, 0) is 49.6 Å². The predicted molar refractivity (Wildman–Crippen MR) is 102 cm³/mol. The van der Waals surface area contributed by atoms with E-state index in [0.717, 1.165) is 31.4 Å². The standard InChI is InChI=1S/C20H19ClF2N2O3/c21-13-4-6-15(20(27)25-8-2-1-3-9-25)17(10-13)24-19(26)12-28-18-7-5-14(22)11-16(18)23/h4-7,10-11H,1-3,8-9,12H2,(H,24,26). The highest BCUT2D eigenvalue weighted by atomic mass is 35.5. The Labute approximate surface area is 166 Å². The van der Waals surface area contributed by atoms with E-state index in [2.05, 4.69) is 5.32 Å². The number of carbonyl (C=O) groups is 2. The summed E-state index contributed by atoms with van der Waals surface area (Å²) in [6.07, 6.45) is 2.97. The molecule has 1 N–H and O–H groups in total. The number of piperidine rings is 1. The summed E-state index contributed by atoms with van der Waals surface area (Å²) < 4.78 is 31.6. The number of ether oxygens (including phenoxy) is 1. The molecule has 0 aliphatic carbocycles. The van der Waals surface area contributed by atoms with Gasteiger partial charge in [-0.2, -0.15) is 0 Å². The van der Waals surface area contributed by atoms with Crippen molar-refractivity contribution in [3.8, 4) is 5.75 Å². The van der Waals surface area contributed by atoms with E-state index < -0.39 is 24.1 Å². The lowest BCUT2D eigenvalue weighted by Gasteiger charge is -2.27. The van der Waals surface area contributed by atoms with Crippen LogP contribution in [-0.2, 0) is 4.79 Å². The molecule has 0 saturated carbocycles. The smallest absolute Gasteiger partial charge is 0.262 e. The van der Waals surface area contributed by atoms with Gasteiger partial charge in [-0.25, -0.2) is 8.78 Å². The van der Waals surface area contributed by atoms with Crippen molar-refractivity contribution in [2.75, 3.05) is 25.0 Å². The van der Waals surface area contributed by atoms with Crippen LogP contribution in [0.25, 0.3) is 0 Å². The van der Waals surface area contributed by atoms with E-state index in [4.69, 9.17) is 16.3 Å². The monoisotopic (exact) mass is 408 g/mol. The Kier molecular flexibility index (Phi) is 6.46. The molecule has 1 heterocycles. The van der Waals surface area contributed by atoms with Gasteiger partial charge in [-0.15, -0.1) is 0 Å². The molecular weight excluding hydrogens is 390 g/mol. The molecule has 2 aromatic carbocycles. The Balaban J connectivity index is 1.69. The number of amides is 2. The number of hydrogen-bond donors (Lipinski definition) is 1. The van der Waals surface area contributed by atoms with Crippen LogP contribution < -0.4 is 10.1 Å². The number of benzene rings is 2. The average Bonchev–Trinajstić information content (AvgIpc) is 2.67. The quantitative estimate of drug-likeness (QED) is 0.804. The maximum atomic E-state index is 13.6. The molecule has 1 aliphatic heterocycles. The van der Waals surface area contributed by atoms with E-state index in [9.17, 15) is 18.4 Å². The molecule has 0 spiro atoms. The molecule has 2 aromatic rings. The summed E-state index contributed by atoms with van der Waals surface area (Å²) in [4.78, 5) is 26.8. The van der Waals surface area contributed by atoms with Crippen molar-refractivity contribution < 1.29 is 23.1 Å². The molecule has 1 aliphatic rings. The lowest BCUT2D eigenvalue weighted by molar-refractivity contribution is -0.118. The first-order chi connectivity index (χ1) is 13.4. The Bertz CT molecular complexity index is 886. The van der Waals surface area contributed by atoms with Crippen LogP contribution in [0.5, 0.6) is 5.75 Å². The van der Waals surface area contributed by atoms with Crippen molar-refractivity contribution in [3.05, 3.63) is 58.6 Å². The van der Waals surface area contributed by atoms with Gasteiger partial charge >= 0.3 is 0 Å². The molecule has 1 fully saturated rings. The third-order valence-electron chi connectivity index (χ3n) is 4.38. The van der Waals surface area contributed by atoms with Crippen LogP contribution in [0.3, 0.4) is 0 Å². The van der Waals surface area contributed by atoms with Crippen LogP contribution >= 0.6 is 11.6 Å². The highest BCUT2D eigenvalue weighted by Crippen LogP contribution is 2.24. The van der Waals surface area contributed by atoms with Crippen LogP contribution in [0.1, 0.15) is 29.6 Å². The number of likely N-dealkylation sites (tertiary alicyclic amines) is 1. The fourth-order valence-corrected chi connectivity index (χ4v) is 3.17. The lowest BCUT2D eigenvalue weighted by atomic mass is 10.1. The Morgan fingerprint density at radius 1 is 1.07 bits per heavy atom. The first kappa shape index (κ1) is 20.1. The van der Waals surface area contributed by atoms with Crippen LogP contribution in [0.4, 0.5) is 14.5 Å². The van der Waals surface area contributed by atoms with Gasteiger partial charge in [-0.3, -0.25) is 9.59 Å². The molecule has 5 nitrogen and oxygen atoms in total. The zero-order valence-corrected chi connectivity index (χ0v) is 15.8. The summed E-state index contributed by atoms with van der Waals surface area (Å²) in [5.41, 5.74) is 0.587. The number of rotatable bonds is 5. The van der Waals surface area contributed by atoms with Crippen LogP contribution in [0.15, 0.2) is 36.4 Å². The van der Waals surface area contributed by atoms with Crippen molar-refractivity contribution in [1.82, 2.24) is 4.90 Å². The first-order valence-electron chi connectivity index (χ1n) is 8.90. The van der Waals surface area contributed by atoms with Gasteiger partial charge in [0.15, 0.2) is 18.2 Å². The molecule has 0 radical (unpaired) electrons. The lowest BCUT2D eigenvalue weighted by Crippen LogP contribution is -2.36. The number of nitrogens with one attached hydrogen (secondary N) is 1. The summed E-state index contributed by atoms with van der Waals surface area (Å²) in [6.45, 7) is 0.829. The predicted octanol–water partition coefficient (Wildman–Crippen LogP) is 4.26. The maximum absolute atomic E-state index is 13.6. The second-order valence-corrected chi connectivity index (χ2v) is 6.89. The van der Waals surface area contributed by atoms with E-state index in [1.165, 1.54) is 6.07 Å². The molecule has 3 rings (SSSR count). The van der Waals surface area contributed by atoms with Gasteiger partial charge in [0.2, 0.25) is 0 Å². The van der Waals surface area contributed by atoms with Crippen molar-refractivity contribution in [2.45, 2.75) is 19.3 Å². The molecule has 0 unspecified atom stereocenters. The Morgan fingerprint density at radius 3 is 2.54 bits per heavy atom. The average molecular weight is 409 g/mol. The minimum absolute atomic E-state index is 0.183. The zero-order valence-electron chi connectivity index (χ0n) is 15.0. The van der Waals surface area contributed by atoms with Crippen molar-refractivity contribution in [1.29, 1.82) is 0 Å². The molecule has 0 bridgehead atoms. The molecule has 2 amide bonds. The van der Waals surface area contributed by atoms with Gasteiger partial charge in [0.1, 0.15) is 5.82 Å². The summed E-state index contributed by atoms with van der Waals surface area (Å²) in [5.74, 6) is -2.67. The minimum Gasteiger partial charge on any atom is -0.481 e. The normalized spacial score (nSPS) is 13.9. The third kappa shape index (κ3) is 4.98. The molecule has 0 atom stereocenters.